The Labute approximate surface area is 103 Å². The van der Waals surface area contributed by atoms with Crippen molar-refractivity contribution in [3.63, 3.8) is 0 Å². The quantitative estimate of drug-likeness (QED) is 0.717. The number of fused-ring (bicyclic) bond motifs is 1. The van der Waals surface area contributed by atoms with Crippen LogP contribution in [0.25, 0.3) is 17.0 Å². The second-order valence-electron chi connectivity index (χ2n) is 3.55. The van der Waals surface area contributed by atoms with E-state index in [4.69, 9.17) is 0 Å². The second-order valence-corrected chi connectivity index (χ2v) is 4.26. The number of aromatic nitrogens is 1. The number of hydrogen-bond donors (Lipinski definition) is 0. The molecule has 0 saturated carbocycles. The molecule has 0 spiro atoms. The fourth-order valence-electron chi connectivity index (χ4n) is 1.74. The Morgan fingerprint density at radius 1 is 1.20 bits per heavy atom. The maximum Gasteiger partial charge on any atom is 0.0711 e. The summed E-state index contributed by atoms with van der Waals surface area (Å²) in [5, 5.41) is 1.23. The maximum absolute atomic E-state index is 4.58. The molecule has 76 valence electrons. The lowest BCUT2D eigenvalue weighted by Gasteiger charge is -2.08. The predicted octanol–water partition coefficient (Wildman–Crippen LogP) is 4.26. The minimum atomic E-state index is 1.07. The highest BCUT2D eigenvalue weighted by Crippen LogP contribution is 2.24. The first-order valence-electron chi connectivity index (χ1n) is 4.86. The summed E-state index contributed by atoms with van der Waals surface area (Å²) >= 11 is 2.25. The summed E-state index contributed by atoms with van der Waals surface area (Å²) in [6.07, 6.45) is 2.15. The topological polar surface area (TPSA) is 12.9 Å². The smallest absolute Gasteiger partial charge is 0.0711 e. The molecule has 2 rings (SSSR count). The lowest BCUT2D eigenvalue weighted by Crippen LogP contribution is -1.93. The van der Waals surface area contributed by atoms with Crippen molar-refractivity contribution in [2.75, 3.05) is 0 Å². The third kappa shape index (κ3) is 1.91. The molecule has 0 atom stereocenters. The summed E-state index contributed by atoms with van der Waals surface area (Å²) in [5.41, 5.74) is 4.73. The van der Waals surface area contributed by atoms with Crippen molar-refractivity contribution in [1.29, 1.82) is 0 Å². The Balaban J connectivity index is 2.89. The van der Waals surface area contributed by atoms with Crippen molar-refractivity contribution in [2.45, 2.75) is 13.8 Å². The van der Waals surface area contributed by atoms with Crippen LogP contribution in [0.15, 0.2) is 28.3 Å². The van der Waals surface area contributed by atoms with Crippen molar-refractivity contribution >= 4 is 39.6 Å². The monoisotopic (exact) mass is 309 g/mol. The van der Waals surface area contributed by atoms with Gasteiger partial charge < -0.3 is 0 Å². The summed E-state index contributed by atoms with van der Waals surface area (Å²) in [4.78, 5) is 4.58. The zero-order valence-corrected chi connectivity index (χ0v) is 10.9. The van der Waals surface area contributed by atoms with Gasteiger partial charge in [0, 0.05) is 11.1 Å². The molecule has 1 aromatic heterocycles. The molecule has 0 bridgehead atoms. The molecule has 0 aliphatic carbocycles. The number of hydrogen-bond acceptors (Lipinski definition) is 1. The number of para-hydroxylation sites is 1. The Hall–Kier alpha value is -0.900. The van der Waals surface area contributed by atoms with E-state index >= 15 is 0 Å². The summed E-state index contributed by atoms with van der Waals surface area (Å²) in [6.45, 7) is 4.19. The number of halogens is 1. The molecule has 1 nitrogen and oxygen atoms in total. The van der Waals surface area contributed by atoms with E-state index in [2.05, 4.69) is 65.7 Å². The minimum Gasteiger partial charge on any atom is -0.253 e. The molecule has 15 heavy (non-hydrogen) atoms. The van der Waals surface area contributed by atoms with Crippen LogP contribution in [0.5, 0.6) is 0 Å². The van der Waals surface area contributed by atoms with Crippen molar-refractivity contribution in [2.24, 2.45) is 0 Å². The number of aryl methyl sites for hydroxylation is 1. The zero-order valence-electron chi connectivity index (χ0n) is 8.79. The average molecular weight is 309 g/mol. The Bertz CT molecular complexity index is 529. The zero-order chi connectivity index (χ0) is 10.8. The van der Waals surface area contributed by atoms with E-state index < -0.39 is 0 Å². The molecular formula is C13H12IN. The van der Waals surface area contributed by atoms with E-state index in [1.54, 1.807) is 0 Å². The molecule has 0 radical (unpaired) electrons. The molecule has 0 aliphatic rings. The summed E-state index contributed by atoms with van der Waals surface area (Å²) in [7, 11) is 0. The van der Waals surface area contributed by atoms with Gasteiger partial charge in [-0.05, 0) is 41.2 Å². The molecule has 0 saturated heterocycles. The van der Waals surface area contributed by atoms with Gasteiger partial charge in [-0.25, -0.2) is 0 Å². The Morgan fingerprint density at radius 2 is 1.93 bits per heavy atom. The Morgan fingerprint density at radius 3 is 2.67 bits per heavy atom. The minimum absolute atomic E-state index is 1.07. The SMILES string of the molecule is Cc1nc2ccccc2c(/C=C/I)c1C. The van der Waals surface area contributed by atoms with E-state index in [1.807, 2.05) is 10.1 Å². The van der Waals surface area contributed by atoms with Crippen LogP contribution in [0, 0.1) is 13.8 Å². The van der Waals surface area contributed by atoms with E-state index in [-0.39, 0.29) is 0 Å². The van der Waals surface area contributed by atoms with Gasteiger partial charge in [0.2, 0.25) is 0 Å². The molecule has 0 aliphatic heterocycles. The van der Waals surface area contributed by atoms with Gasteiger partial charge in [0.15, 0.2) is 0 Å². The molecule has 0 amide bonds. The van der Waals surface area contributed by atoms with Gasteiger partial charge in [-0.2, -0.15) is 0 Å². The van der Waals surface area contributed by atoms with Crippen LogP contribution in [-0.4, -0.2) is 4.98 Å². The molecule has 1 heterocycles. The standard InChI is InChI=1S/C13H12IN/c1-9-10(2)15-13-6-4-3-5-12(13)11(9)7-8-14/h3-8H,1-2H3/b8-7+. The normalized spacial score (nSPS) is 11.4. The summed E-state index contributed by atoms with van der Waals surface area (Å²) < 4.78 is 2.05. The van der Waals surface area contributed by atoms with Gasteiger partial charge in [0.1, 0.15) is 0 Å². The lowest BCUT2D eigenvalue weighted by molar-refractivity contribution is 1.19. The van der Waals surface area contributed by atoms with E-state index in [9.17, 15) is 0 Å². The van der Waals surface area contributed by atoms with Gasteiger partial charge in [0.05, 0.1) is 5.52 Å². The van der Waals surface area contributed by atoms with E-state index in [1.165, 1.54) is 16.5 Å². The molecule has 1 aromatic carbocycles. The highest BCUT2D eigenvalue weighted by atomic mass is 127. The molecule has 2 aromatic rings. The average Bonchev–Trinajstić information content (AvgIpc) is 2.25. The van der Waals surface area contributed by atoms with Crippen LogP contribution < -0.4 is 0 Å². The molecule has 0 fully saturated rings. The Kier molecular flexibility index (Phi) is 3.05. The second kappa shape index (κ2) is 4.31. The fourth-order valence-corrected chi connectivity index (χ4v) is 2.10. The van der Waals surface area contributed by atoms with Crippen LogP contribution in [0.1, 0.15) is 16.8 Å². The summed E-state index contributed by atoms with van der Waals surface area (Å²) in [5.74, 6) is 0. The van der Waals surface area contributed by atoms with Gasteiger partial charge in [-0.15, -0.1) is 0 Å². The first-order valence-corrected chi connectivity index (χ1v) is 6.11. The van der Waals surface area contributed by atoms with Crippen molar-refractivity contribution in [1.82, 2.24) is 4.98 Å². The molecular weight excluding hydrogens is 297 g/mol. The van der Waals surface area contributed by atoms with Crippen LogP contribution in [0.2, 0.25) is 0 Å². The van der Waals surface area contributed by atoms with E-state index in [0.29, 0.717) is 0 Å². The number of pyridine rings is 1. The largest absolute Gasteiger partial charge is 0.253 e. The van der Waals surface area contributed by atoms with Gasteiger partial charge >= 0.3 is 0 Å². The third-order valence-corrected chi connectivity index (χ3v) is 3.02. The van der Waals surface area contributed by atoms with Crippen LogP contribution in [0.4, 0.5) is 0 Å². The van der Waals surface area contributed by atoms with Gasteiger partial charge in [-0.3, -0.25) is 4.98 Å². The van der Waals surface area contributed by atoms with Crippen molar-refractivity contribution in [3.8, 4) is 0 Å². The van der Waals surface area contributed by atoms with Crippen molar-refractivity contribution < 1.29 is 0 Å². The van der Waals surface area contributed by atoms with Gasteiger partial charge in [0.25, 0.3) is 0 Å². The van der Waals surface area contributed by atoms with Crippen LogP contribution >= 0.6 is 22.6 Å². The maximum atomic E-state index is 4.58. The number of rotatable bonds is 1. The van der Waals surface area contributed by atoms with Crippen LogP contribution in [0.3, 0.4) is 0 Å². The number of nitrogens with zero attached hydrogens (tertiary/aromatic N) is 1. The first kappa shape index (κ1) is 10.6. The molecule has 2 heteroatoms. The lowest BCUT2D eigenvalue weighted by atomic mass is 10.0. The highest BCUT2D eigenvalue weighted by molar-refractivity contribution is 14.1. The third-order valence-electron chi connectivity index (χ3n) is 2.66. The summed E-state index contributed by atoms with van der Waals surface area (Å²) in [6, 6.07) is 8.28. The predicted molar refractivity (Wildman–Crippen MR) is 74.3 cm³/mol. The fraction of sp³-hybridized carbons (Fsp3) is 0.154. The molecule has 0 N–H and O–H groups in total. The van der Waals surface area contributed by atoms with E-state index in [0.717, 1.165) is 11.2 Å². The molecule has 0 unspecified atom stereocenters. The highest BCUT2D eigenvalue weighted by Gasteiger charge is 2.05. The number of benzene rings is 1. The van der Waals surface area contributed by atoms with Gasteiger partial charge in [-0.1, -0.05) is 40.8 Å². The van der Waals surface area contributed by atoms with Crippen LogP contribution in [-0.2, 0) is 0 Å². The van der Waals surface area contributed by atoms with Crippen molar-refractivity contribution in [3.05, 3.63) is 45.2 Å². The first-order chi connectivity index (χ1) is 7.24.